The predicted molar refractivity (Wildman–Crippen MR) is 70.0 cm³/mol. The number of ether oxygens (including phenoxy) is 1. The lowest BCUT2D eigenvalue weighted by molar-refractivity contribution is -0.197. The summed E-state index contributed by atoms with van der Waals surface area (Å²) in [4.78, 5) is 12.1. The molecule has 1 N–H and O–H groups in total. The van der Waals surface area contributed by atoms with Crippen molar-refractivity contribution in [1.82, 2.24) is 5.32 Å². The highest BCUT2D eigenvalue weighted by molar-refractivity contribution is 9.10. The number of carbonyl (C=O) groups excluding carboxylic acids is 1. The Morgan fingerprint density at radius 3 is 2.74 bits per heavy atom. The number of hydrogen-bond donors (Lipinski definition) is 1. The number of likely N-dealkylation sites (N-methyl/N-ethyl adjacent to an activating group) is 1. The van der Waals surface area contributed by atoms with Crippen LogP contribution in [0.3, 0.4) is 0 Å². The largest absolute Gasteiger partial charge is 0.358 e. The van der Waals surface area contributed by atoms with Gasteiger partial charge in [0.25, 0.3) is 0 Å². The number of alkyl halides is 2. The van der Waals surface area contributed by atoms with E-state index in [9.17, 15) is 13.6 Å². The molecule has 0 saturated heterocycles. The van der Waals surface area contributed by atoms with E-state index >= 15 is 0 Å². The number of benzene rings is 1. The van der Waals surface area contributed by atoms with Crippen molar-refractivity contribution < 1.29 is 18.3 Å². The van der Waals surface area contributed by atoms with Crippen LogP contribution in [0.1, 0.15) is 18.4 Å². The molecule has 1 saturated carbocycles. The molecule has 0 spiro atoms. The van der Waals surface area contributed by atoms with Crippen LogP contribution in [0.15, 0.2) is 28.7 Å². The Morgan fingerprint density at radius 1 is 1.53 bits per heavy atom. The van der Waals surface area contributed by atoms with Crippen LogP contribution in [0.4, 0.5) is 8.78 Å². The number of amides is 1. The van der Waals surface area contributed by atoms with Gasteiger partial charge in [-0.05, 0) is 30.5 Å². The predicted octanol–water partition coefficient (Wildman–Crippen LogP) is 2.83. The Morgan fingerprint density at radius 2 is 2.21 bits per heavy atom. The average Bonchev–Trinajstić information content (AvgIpc) is 2.32. The molecule has 0 bridgehead atoms. The highest BCUT2D eigenvalue weighted by Crippen LogP contribution is 2.46. The standard InChI is InChI=1S/C13H14BrF2NO2/c1-17-11(18)13(6-10(7-13)19-12(15)16)8-3-2-4-9(14)5-8/h2-5,10,12H,6-7H2,1H3,(H,17,18). The molecule has 2 rings (SSSR count). The first-order valence-corrected chi connectivity index (χ1v) is 6.69. The molecule has 0 atom stereocenters. The van der Waals surface area contributed by atoms with E-state index in [1.165, 1.54) is 0 Å². The number of nitrogens with one attached hydrogen (secondary N) is 1. The smallest absolute Gasteiger partial charge is 0.345 e. The van der Waals surface area contributed by atoms with Gasteiger partial charge in [0.15, 0.2) is 0 Å². The Labute approximate surface area is 118 Å². The molecular weight excluding hydrogens is 320 g/mol. The van der Waals surface area contributed by atoms with Crippen LogP contribution in [0, 0.1) is 0 Å². The first-order valence-electron chi connectivity index (χ1n) is 5.90. The molecule has 1 aliphatic carbocycles. The normalized spacial score (nSPS) is 26.1. The summed E-state index contributed by atoms with van der Waals surface area (Å²) >= 11 is 3.35. The number of carbonyl (C=O) groups is 1. The molecule has 1 fully saturated rings. The summed E-state index contributed by atoms with van der Waals surface area (Å²) in [6.07, 6.45) is -0.0303. The Balaban J connectivity index is 2.22. The molecule has 1 amide bonds. The molecule has 1 aromatic rings. The molecule has 3 nitrogen and oxygen atoms in total. The van der Waals surface area contributed by atoms with Crippen LogP contribution < -0.4 is 5.32 Å². The second-order valence-corrected chi connectivity index (χ2v) is 5.51. The topological polar surface area (TPSA) is 38.3 Å². The van der Waals surface area contributed by atoms with E-state index in [0.717, 1.165) is 10.0 Å². The fraction of sp³-hybridized carbons (Fsp3) is 0.462. The highest BCUT2D eigenvalue weighted by Gasteiger charge is 2.52. The monoisotopic (exact) mass is 333 g/mol. The van der Waals surface area contributed by atoms with Crippen molar-refractivity contribution in [2.75, 3.05) is 7.05 Å². The third-order valence-electron chi connectivity index (χ3n) is 3.49. The summed E-state index contributed by atoms with van der Waals surface area (Å²) in [5.41, 5.74) is 0.0493. The molecular formula is C13H14BrF2NO2. The van der Waals surface area contributed by atoms with Crippen LogP contribution in [0.2, 0.25) is 0 Å². The number of hydrogen-bond acceptors (Lipinski definition) is 2. The SMILES string of the molecule is CNC(=O)C1(c2cccc(Br)c2)CC(OC(F)F)C1. The van der Waals surface area contributed by atoms with Gasteiger partial charge in [-0.1, -0.05) is 28.1 Å². The van der Waals surface area contributed by atoms with E-state index < -0.39 is 18.1 Å². The Kier molecular flexibility index (Phi) is 4.20. The highest BCUT2D eigenvalue weighted by atomic mass is 79.9. The van der Waals surface area contributed by atoms with Gasteiger partial charge < -0.3 is 10.1 Å². The van der Waals surface area contributed by atoms with Crippen LogP contribution in [-0.2, 0) is 14.9 Å². The molecule has 0 aliphatic heterocycles. The molecule has 19 heavy (non-hydrogen) atoms. The van der Waals surface area contributed by atoms with Crippen molar-refractivity contribution in [2.24, 2.45) is 0 Å². The van der Waals surface area contributed by atoms with Gasteiger partial charge in [0, 0.05) is 11.5 Å². The van der Waals surface area contributed by atoms with Crippen molar-refractivity contribution in [3.05, 3.63) is 34.3 Å². The maximum absolute atomic E-state index is 12.2. The van der Waals surface area contributed by atoms with Gasteiger partial charge in [0.1, 0.15) is 0 Å². The third-order valence-corrected chi connectivity index (χ3v) is 3.98. The quantitative estimate of drug-likeness (QED) is 0.920. The fourth-order valence-corrected chi connectivity index (χ4v) is 2.94. The van der Waals surface area contributed by atoms with E-state index in [1.54, 1.807) is 7.05 Å². The first kappa shape index (κ1) is 14.4. The van der Waals surface area contributed by atoms with Gasteiger partial charge in [0.05, 0.1) is 11.5 Å². The Bertz CT molecular complexity index is 475. The molecule has 0 aromatic heterocycles. The molecule has 6 heteroatoms. The minimum atomic E-state index is -2.80. The molecule has 1 aromatic carbocycles. The molecule has 0 radical (unpaired) electrons. The van der Waals surface area contributed by atoms with Gasteiger partial charge in [0.2, 0.25) is 5.91 Å². The zero-order chi connectivity index (χ0) is 14.0. The lowest BCUT2D eigenvalue weighted by Crippen LogP contribution is -2.55. The van der Waals surface area contributed by atoms with Crippen LogP contribution in [0.5, 0.6) is 0 Å². The zero-order valence-electron chi connectivity index (χ0n) is 10.3. The van der Waals surface area contributed by atoms with E-state index in [2.05, 4.69) is 26.0 Å². The molecule has 0 unspecified atom stereocenters. The summed E-state index contributed by atoms with van der Waals surface area (Å²) in [7, 11) is 1.55. The zero-order valence-corrected chi connectivity index (χ0v) is 11.9. The molecule has 1 aliphatic rings. The van der Waals surface area contributed by atoms with E-state index in [0.29, 0.717) is 0 Å². The minimum Gasteiger partial charge on any atom is -0.358 e. The summed E-state index contributed by atoms with van der Waals surface area (Å²) in [6.45, 7) is -2.80. The van der Waals surface area contributed by atoms with Crippen molar-refractivity contribution in [2.45, 2.75) is 31.0 Å². The van der Waals surface area contributed by atoms with Gasteiger partial charge in [-0.15, -0.1) is 0 Å². The van der Waals surface area contributed by atoms with E-state index in [1.807, 2.05) is 24.3 Å². The first-order chi connectivity index (χ1) is 8.98. The van der Waals surface area contributed by atoms with E-state index in [4.69, 9.17) is 0 Å². The third kappa shape index (κ3) is 2.79. The van der Waals surface area contributed by atoms with Crippen LogP contribution in [0.25, 0.3) is 0 Å². The van der Waals surface area contributed by atoms with Crippen molar-refractivity contribution in [3.8, 4) is 0 Å². The van der Waals surface area contributed by atoms with Gasteiger partial charge >= 0.3 is 6.61 Å². The summed E-state index contributed by atoms with van der Waals surface area (Å²) in [5.74, 6) is -0.167. The fourth-order valence-electron chi connectivity index (χ4n) is 2.54. The lowest BCUT2D eigenvalue weighted by Gasteiger charge is -2.45. The lowest BCUT2D eigenvalue weighted by atomic mass is 9.62. The van der Waals surface area contributed by atoms with Crippen LogP contribution in [-0.4, -0.2) is 25.7 Å². The Hall–Kier alpha value is -1.01. The van der Waals surface area contributed by atoms with Gasteiger partial charge in [-0.25, -0.2) is 0 Å². The van der Waals surface area contributed by atoms with Crippen molar-refractivity contribution in [1.29, 1.82) is 0 Å². The summed E-state index contributed by atoms with van der Waals surface area (Å²) in [6, 6.07) is 7.35. The average molecular weight is 334 g/mol. The van der Waals surface area contributed by atoms with E-state index in [-0.39, 0.29) is 18.7 Å². The minimum absolute atomic E-state index is 0.167. The molecule has 0 heterocycles. The summed E-state index contributed by atoms with van der Waals surface area (Å²) in [5, 5.41) is 2.60. The maximum Gasteiger partial charge on any atom is 0.345 e. The number of rotatable bonds is 4. The summed E-state index contributed by atoms with van der Waals surface area (Å²) < 4.78 is 29.7. The maximum atomic E-state index is 12.2. The molecule has 104 valence electrons. The van der Waals surface area contributed by atoms with Gasteiger partial charge in [-0.3, -0.25) is 4.79 Å². The second kappa shape index (κ2) is 5.54. The van der Waals surface area contributed by atoms with Gasteiger partial charge in [-0.2, -0.15) is 8.78 Å². The van der Waals surface area contributed by atoms with Crippen LogP contribution >= 0.6 is 15.9 Å². The van der Waals surface area contributed by atoms with Crippen molar-refractivity contribution in [3.63, 3.8) is 0 Å². The second-order valence-electron chi connectivity index (χ2n) is 4.60. The number of halogens is 3. The van der Waals surface area contributed by atoms with Crippen molar-refractivity contribution >= 4 is 21.8 Å².